The van der Waals surface area contributed by atoms with Crippen molar-refractivity contribution in [2.45, 2.75) is 18.2 Å². The maximum atomic E-state index is 12.5. The Morgan fingerprint density at radius 2 is 1.94 bits per heavy atom. The second-order valence-corrected chi connectivity index (χ2v) is 3.75. The van der Waals surface area contributed by atoms with E-state index in [1.165, 1.54) is 17.3 Å². The van der Waals surface area contributed by atoms with Gasteiger partial charge in [-0.25, -0.2) is 9.97 Å². The molecule has 2 rings (SSSR count). The van der Waals surface area contributed by atoms with Crippen LogP contribution in [-0.4, -0.2) is 39.9 Å². The van der Waals surface area contributed by atoms with Gasteiger partial charge >= 0.3 is 6.18 Å². The largest absolute Gasteiger partial charge is 0.419 e. The first-order valence-corrected chi connectivity index (χ1v) is 4.73. The molecule has 1 aromatic heterocycles. The van der Waals surface area contributed by atoms with E-state index in [4.69, 9.17) is 0 Å². The van der Waals surface area contributed by atoms with Gasteiger partial charge in [-0.1, -0.05) is 0 Å². The Kier molecular flexibility index (Phi) is 2.49. The molecule has 0 radical (unpaired) electrons. The van der Waals surface area contributed by atoms with Crippen LogP contribution in [0.3, 0.4) is 0 Å². The normalized spacial score (nSPS) is 26.1. The van der Waals surface area contributed by atoms with Crippen molar-refractivity contribution in [1.82, 2.24) is 9.97 Å². The van der Waals surface area contributed by atoms with Crippen molar-refractivity contribution in [2.75, 3.05) is 18.0 Å². The number of halogens is 3. The fraction of sp³-hybridized carbons (Fsp3) is 0.556. The predicted octanol–water partition coefficient (Wildman–Crippen LogP) is 0.980. The highest BCUT2D eigenvalue weighted by Crippen LogP contribution is 2.38. The molecule has 7 heteroatoms. The van der Waals surface area contributed by atoms with Gasteiger partial charge in [-0.15, -0.1) is 0 Å². The van der Waals surface area contributed by atoms with Crippen molar-refractivity contribution < 1.29 is 18.3 Å². The van der Waals surface area contributed by atoms with Crippen LogP contribution in [0, 0.1) is 0 Å². The number of nitrogens with zero attached hydrogens (tertiary/aromatic N) is 3. The molecule has 0 spiro atoms. The summed E-state index contributed by atoms with van der Waals surface area (Å²) in [5, 5.41) is 9.44. The summed E-state index contributed by atoms with van der Waals surface area (Å²) in [6.45, 7) is -0.416. The van der Waals surface area contributed by atoms with E-state index >= 15 is 0 Å². The third kappa shape index (κ3) is 1.82. The number of aromatic nitrogens is 2. The minimum Gasteiger partial charge on any atom is -0.379 e. The standard InChI is InChI=1S/C9H10F3N3O/c10-9(11,12)8(16)2-5-15(6-8)7-13-3-1-4-14-7/h1,3-4,16H,2,5-6H2/t8-/m1/s1. The second kappa shape index (κ2) is 3.58. The van der Waals surface area contributed by atoms with Crippen LogP contribution < -0.4 is 4.90 Å². The number of anilines is 1. The van der Waals surface area contributed by atoms with E-state index in [-0.39, 0.29) is 18.9 Å². The molecule has 1 aromatic rings. The smallest absolute Gasteiger partial charge is 0.379 e. The van der Waals surface area contributed by atoms with Crippen LogP contribution >= 0.6 is 0 Å². The number of β-amino-alcohol motifs (C(OH)–C–C–N with tert-alkyl or cyclic N) is 1. The first kappa shape index (κ1) is 11.1. The topological polar surface area (TPSA) is 49.2 Å². The van der Waals surface area contributed by atoms with E-state index in [1.54, 1.807) is 6.07 Å². The van der Waals surface area contributed by atoms with Crippen molar-refractivity contribution >= 4 is 5.95 Å². The summed E-state index contributed by atoms with van der Waals surface area (Å²) < 4.78 is 37.5. The predicted molar refractivity (Wildman–Crippen MR) is 49.9 cm³/mol. The summed E-state index contributed by atoms with van der Waals surface area (Å²) in [6, 6.07) is 1.58. The lowest BCUT2D eigenvalue weighted by Crippen LogP contribution is -2.47. The zero-order valence-electron chi connectivity index (χ0n) is 8.28. The highest BCUT2D eigenvalue weighted by molar-refractivity contribution is 5.32. The van der Waals surface area contributed by atoms with Crippen LogP contribution in [0.4, 0.5) is 19.1 Å². The van der Waals surface area contributed by atoms with Crippen molar-refractivity contribution in [1.29, 1.82) is 0 Å². The summed E-state index contributed by atoms with van der Waals surface area (Å²) in [5.41, 5.74) is -2.65. The highest BCUT2D eigenvalue weighted by atomic mass is 19.4. The Morgan fingerprint density at radius 1 is 1.31 bits per heavy atom. The van der Waals surface area contributed by atoms with Crippen molar-refractivity contribution in [3.63, 3.8) is 0 Å². The van der Waals surface area contributed by atoms with E-state index in [0.29, 0.717) is 0 Å². The van der Waals surface area contributed by atoms with Crippen LogP contribution in [0.25, 0.3) is 0 Å². The fourth-order valence-corrected chi connectivity index (χ4v) is 1.65. The van der Waals surface area contributed by atoms with Crippen LogP contribution in [0.5, 0.6) is 0 Å². The van der Waals surface area contributed by atoms with E-state index in [0.717, 1.165) is 0 Å². The Hall–Kier alpha value is -1.37. The van der Waals surface area contributed by atoms with Gasteiger partial charge in [-0.05, 0) is 6.07 Å². The van der Waals surface area contributed by atoms with Gasteiger partial charge in [0, 0.05) is 25.4 Å². The van der Waals surface area contributed by atoms with Crippen LogP contribution in [0.1, 0.15) is 6.42 Å². The number of hydrogen-bond acceptors (Lipinski definition) is 4. The Balaban J connectivity index is 2.15. The lowest BCUT2D eigenvalue weighted by molar-refractivity contribution is -0.250. The summed E-state index contributed by atoms with van der Waals surface area (Å²) in [5.74, 6) is 0.211. The highest BCUT2D eigenvalue weighted by Gasteiger charge is 2.57. The molecule has 2 heterocycles. The molecule has 0 bridgehead atoms. The zero-order chi connectivity index (χ0) is 11.8. The van der Waals surface area contributed by atoms with Gasteiger partial charge in [0.25, 0.3) is 0 Å². The van der Waals surface area contributed by atoms with Crippen LogP contribution in [-0.2, 0) is 0 Å². The van der Waals surface area contributed by atoms with E-state index in [9.17, 15) is 18.3 Å². The average molecular weight is 233 g/mol. The van der Waals surface area contributed by atoms with Gasteiger partial charge in [-0.2, -0.15) is 13.2 Å². The van der Waals surface area contributed by atoms with Crippen molar-refractivity contribution in [3.05, 3.63) is 18.5 Å². The molecule has 88 valence electrons. The summed E-state index contributed by atoms with van der Waals surface area (Å²) in [4.78, 5) is 9.02. The molecule has 0 unspecified atom stereocenters. The lowest BCUT2D eigenvalue weighted by atomic mass is 10.0. The van der Waals surface area contributed by atoms with Crippen LogP contribution in [0.15, 0.2) is 18.5 Å². The minimum atomic E-state index is -4.61. The summed E-state index contributed by atoms with van der Waals surface area (Å²) in [6.07, 6.45) is -2.06. The molecular weight excluding hydrogens is 223 g/mol. The van der Waals surface area contributed by atoms with Crippen molar-refractivity contribution in [3.8, 4) is 0 Å². The van der Waals surface area contributed by atoms with Crippen LogP contribution in [0.2, 0.25) is 0 Å². The fourth-order valence-electron chi connectivity index (χ4n) is 1.65. The number of hydrogen-bond donors (Lipinski definition) is 1. The third-order valence-electron chi connectivity index (χ3n) is 2.61. The molecule has 0 saturated carbocycles. The molecule has 1 aliphatic rings. The molecule has 1 atom stereocenters. The Morgan fingerprint density at radius 3 is 2.44 bits per heavy atom. The first-order chi connectivity index (χ1) is 7.42. The molecule has 0 aromatic carbocycles. The van der Waals surface area contributed by atoms with Gasteiger partial charge in [0.1, 0.15) is 0 Å². The number of rotatable bonds is 1. The third-order valence-corrected chi connectivity index (χ3v) is 2.61. The molecule has 1 saturated heterocycles. The summed E-state index contributed by atoms with van der Waals surface area (Å²) in [7, 11) is 0. The number of alkyl halides is 3. The quantitative estimate of drug-likeness (QED) is 0.785. The van der Waals surface area contributed by atoms with E-state index in [2.05, 4.69) is 9.97 Å². The number of aliphatic hydroxyl groups is 1. The van der Waals surface area contributed by atoms with E-state index in [1.807, 2.05) is 0 Å². The molecule has 0 amide bonds. The van der Waals surface area contributed by atoms with Crippen molar-refractivity contribution in [2.24, 2.45) is 0 Å². The minimum absolute atomic E-state index is 0.0972. The van der Waals surface area contributed by atoms with Gasteiger partial charge in [-0.3, -0.25) is 0 Å². The zero-order valence-corrected chi connectivity index (χ0v) is 8.28. The van der Waals surface area contributed by atoms with E-state index < -0.39 is 18.3 Å². The molecule has 0 aliphatic carbocycles. The second-order valence-electron chi connectivity index (χ2n) is 3.75. The lowest BCUT2D eigenvalue weighted by Gasteiger charge is -2.25. The average Bonchev–Trinajstić information content (AvgIpc) is 2.63. The van der Waals surface area contributed by atoms with Gasteiger partial charge in [0.2, 0.25) is 5.95 Å². The molecule has 4 nitrogen and oxygen atoms in total. The van der Waals surface area contributed by atoms with Gasteiger partial charge in [0.05, 0.1) is 6.54 Å². The molecule has 1 fully saturated rings. The first-order valence-electron chi connectivity index (χ1n) is 4.73. The van der Waals surface area contributed by atoms with Gasteiger partial charge in [0.15, 0.2) is 5.60 Å². The Bertz CT molecular complexity index is 370. The molecular formula is C9H10F3N3O. The maximum Gasteiger partial charge on any atom is 0.419 e. The molecule has 1 aliphatic heterocycles. The SMILES string of the molecule is O[C@]1(C(F)(F)F)CCN(c2ncccn2)C1. The molecule has 16 heavy (non-hydrogen) atoms. The molecule has 1 N–H and O–H groups in total. The Labute approximate surface area is 89.7 Å². The summed E-state index contributed by atoms with van der Waals surface area (Å²) >= 11 is 0. The maximum absolute atomic E-state index is 12.5. The van der Waals surface area contributed by atoms with Gasteiger partial charge < -0.3 is 10.0 Å². The monoisotopic (exact) mass is 233 g/mol.